The minimum Gasteiger partial charge on any atom is -0.494 e. The zero-order chi connectivity index (χ0) is 11.6. The molecule has 0 amide bonds. The average molecular weight is 277 g/mol. The zero-order valence-corrected chi connectivity index (χ0v) is 10.6. The van der Waals surface area contributed by atoms with Crippen LogP contribution in [0.3, 0.4) is 0 Å². The second-order valence-corrected chi connectivity index (χ2v) is 4.83. The van der Waals surface area contributed by atoms with Crippen LogP contribution in [-0.2, 0) is 5.41 Å². The van der Waals surface area contributed by atoms with Crippen LogP contribution in [0.4, 0.5) is 4.39 Å². The third-order valence-electron chi connectivity index (χ3n) is 2.35. The summed E-state index contributed by atoms with van der Waals surface area (Å²) in [6, 6.07) is 3.27. The van der Waals surface area contributed by atoms with Crippen molar-refractivity contribution in [3.8, 4) is 5.75 Å². The summed E-state index contributed by atoms with van der Waals surface area (Å²) < 4.78 is 19.5. The van der Waals surface area contributed by atoms with Gasteiger partial charge in [-0.25, -0.2) is 4.39 Å². The van der Waals surface area contributed by atoms with E-state index in [0.717, 1.165) is 0 Å². The van der Waals surface area contributed by atoms with Gasteiger partial charge in [-0.1, -0.05) is 29.8 Å². The first-order valence-corrected chi connectivity index (χ1v) is 5.36. The SMILES string of the molecule is COc1ccc(Br)c(C(C)(C)CO)c1F. The van der Waals surface area contributed by atoms with E-state index in [1.54, 1.807) is 26.0 Å². The smallest absolute Gasteiger partial charge is 0.169 e. The van der Waals surface area contributed by atoms with Crippen molar-refractivity contribution >= 4 is 15.9 Å². The van der Waals surface area contributed by atoms with Gasteiger partial charge in [0.15, 0.2) is 11.6 Å². The summed E-state index contributed by atoms with van der Waals surface area (Å²) in [7, 11) is 1.42. The van der Waals surface area contributed by atoms with E-state index in [1.165, 1.54) is 7.11 Å². The first-order valence-electron chi connectivity index (χ1n) is 4.57. The molecule has 0 saturated heterocycles. The van der Waals surface area contributed by atoms with Gasteiger partial charge in [0.1, 0.15) is 0 Å². The molecule has 0 radical (unpaired) electrons. The molecule has 2 nitrogen and oxygen atoms in total. The molecule has 0 bridgehead atoms. The quantitative estimate of drug-likeness (QED) is 0.920. The topological polar surface area (TPSA) is 29.5 Å². The first-order chi connectivity index (χ1) is 6.94. The molecule has 0 aliphatic rings. The molecule has 1 N–H and O–H groups in total. The van der Waals surface area contributed by atoms with Gasteiger partial charge < -0.3 is 9.84 Å². The fourth-order valence-corrected chi connectivity index (χ4v) is 2.23. The van der Waals surface area contributed by atoms with Crippen LogP contribution in [0, 0.1) is 5.82 Å². The van der Waals surface area contributed by atoms with E-state index >= 15 is 0 Å². The van der Waals surface area contributed by atoms with Gasteiger partial charge in [-0.15, -0.1) is 0 Å². The Balaban J connectivity index is 3.39. The molecule has 84 valence electrons. The molecule has 1 aromatic carbocycles. The summed E-state index contributed by atoms with van der Waals surface area (Å²) in [5.74, 6) is -0.236. The second-order valence-electron chi connectivity index (χ2n) is 3.98. The molecular formula is C11H14BrFO2. The predicted octanol–water partition coefficient (Wildman–Crippen LogP) is 2.87. The lowest BCUT2D eigenvalue weighted by Gasteiger charge is -2.25. The highest BCUT2D eigenvalue weighted by molar-refractivity contribution is 9.10. The molecule has 0 fully saturated rings. The molecule has 1 aromatic rings. The standard InChI is InChI=1S/C11H14BrFO2/c1-11(2,6-14)9-7(12)4-5-8(15-3)10(9)13/h4-5,14H,6H2,1-3H3. The van der Waals surface area contributed by atoms with E-state index in [4.69, 9.17) is 4.74 Å². The molecule has 0 heterocycles. The molecule has 0 saturated carbocycles. The lowest BCUT2D eigenvalue weighted by molar-refractivity contribution is 0.213. The summed E-state index contributed by atoms with van der Waals surface area (Å²) in [6.07, 6.45) is 0. The molecule has 0 aliphatic heterocycles. The van der Waals surface area contributed by atoms with Gasteiger partial charge in [0.2, 0.25) is 0 Å². The Morgan fingerprint density at radius 2 is 2.07 bits per heavy atom. The van der Waals surface area contributed by atoms with E-state index in [9.17, 15) is 9.50 Å². The van der Waals surface area contributed by atoms with Gasteiger partial charge in [0.25, 0.3) is 0 Å². The summed E-state index contributed by atoms with van der Waals surface area (Å²) in [4.78, 5) is 0. The molecule has 0 aromatic heterocycles. The highest BCUT2D eigenvalue weighted by atomic mass is 79.9. The van der Waals surface area contributed by atoms with Gasteiger partial charge in [0, 0.05) is 15.5 Å². The van der Waals surface area contributed by atoms with E-state index in [-0.39, 0.29) is 12.4 Å². The third kappa shape index (κ3) is 2.32. The first kappa shape index (κ1) is 12.5. The van der Waals surface area contributed by atoms with Crippen molar-refractivity contribution in [2.75, 3.05) is 13.7 Å². The van der Waals surface area contributed by atoms with E-state index in [0.29, 0.717) is 10.0 Å². The maximum Gasteiger partial charge on any atom is 0.169 e. The van der Waals surface area contributed by atoms with Gasteiger partial charge in [-0.3, -0.25) is 0 Å². The summed E-state index contributed by atoms with van der Waals surface area (Å²) in [5, 5.41) is 9.23. The van der Waals surface area contributed by atoms with Crippen molar-refractivity contribution in [1.29, 1.82) is 0 Å². The van der Waals surface area contributed by atoms with E-state index in [2.05, 4.69) is 15.9 Å². The van der Waals surface area contributed by atoms with Crippen LogP contribution in [0.1, 0.15) is 19.4 Å². The van der Waals surface area contributed by atoms with Crippen LogP contribution in [0.15, 0.2) is 16.6 Å². The lowest BCUT2D eigenvalue weighted by Crippen LogP contribution is -2.24. The lowest BCUT2D eigenvalue weighted by atomic mass is 9.85. The number of aliphatic hydroxyl groups is 1. The largest absolute Gasteiger partial charge is 0.494 e. The van der Waals surface area contributed by atoms with Crippen molar-refractivity contribution < 1.29 is 14.2 Å². The number of ether oxygens (including phenoxy) is 1. The maximum absolute atomic E-state index is 14.0. The molecule has 4 heteroatoms. The van der Waals surface area contributed by atoms with Gasteiger partial charge in [0.05, 0.1) is 13.7 Å². The Morgan fingerprint density at radius 1 is 1.47 bits per heavy atom. The van der Waals surface area contributed by atoms with Crippen LogP contribution in [0.5, 0.6) is 5.75 Å². The molecule has 0 atom stereocenters. The zero-order valence-electron chi connectivity index (χ0n) is 8.97. The van der Waals surface area contributed by atoms with Crippen molar-refractivity contribution in [1.82, 2.24) is 0 Å². The fourth-order valence-electron chi connectivity index (χ4n) is 1.39. The van der Waals surface area contributed by atoms with Crippen LogP contribution >= 0.6 is 15.9 Å². The van der Waals surface area contributed by atoms with Crippen LogP contribution in [0.2, 0.25) is 0 Å². The van der Waals surface area contributed by atoms with Crippen molar-refractivity contribution in [2.24, 2.45) is 0 Å². The Labute approximate surface area is 97.2 Å². The number of hydrogen-bond donors (Lipinski definition) is 1. The van der Waals surface area contributed by atoms with Crippen LogP contribution in [0.25, 0.3) is 0 Å². The van der Waals surface area contributed by atoms with E-state index in [1.807, 2.05) is 0 Å². The summed E-state index contributed by atoms with van der Waals surface area (Å²) >= 11 is 3.28. The summed E-state index contributed by atoms with van der Waals surface area (Å²) in [5.41, 5.74) is -0.207. The molecule has 0 aliphatic carbocycles. The van der Waals surface area contributed by atoms with Crippen molar-refractivity contribution in [2.45, 2.75) is 19.3 Å². The predicted molar refractivity (Wildman–Crippen MR) is 60.8 cm³/mol. The minimum atomic E-state index is -0.641. The van der Waals surface area contributed by atoms with Crippen LogP contribution < -0.4 is 4.74 Å². The highest BCUT2D eigenvalue weighted by Gasteiger charge is 2.27. The number of benzene rings is 1. The number of halogens is 2. The second kappa shape index (κ2) is 4.49. The Bertz CT molecular complexity index is 364. The van der Waals surface area contributed by atoms with E-state index < -0.39 is 11.2 Å². The number of methoxy groups -OCH3 is 1. The molecule has 1 rings (SSSR count). The number of rotatable bonds is 3. The Kier molecular flexibility index (Phi) is 3.73. The Hall–Kier alpha value is -0.610. The van der Waals surface area contributed by atoms with Crippen LogP contribution in [-0.4, -0.2) is 18.8 Å². The molecular weight excluding hydrogens is 263 g/mol. The maximum atomic E-state index is 14.0. The number of aliphatic hydroxyl groups excluding tert-OH is 1. The fraction of sp³-hybridized carbons (Fsp3) is 0.455. The molecule has 0 unspecified atom stereocenters. The van der Waals surface area contributed by atoms with Gasteiger partial charge >= 0.3 is 0 Å². The highest BCUT2D eigenvalue weighted by Crippen LogP contribution is 2.36. The summed E-state index contributed by atoms with van der Waals surface area (Å²) in [6.45, 7) is 3.42. The monoisotopic (exact) mass is 276 g/mol. The molecule has 0 spiro atoms. The average Bonchev–Trinajstić information content (AvgIpc) is 2.18. The molecule has 15 heavy (non-hydrogen) atoms. The Morgan fingerprint density at radius 3 is 2.53 bits per heavy atom. The third-order valence-corrected chi connectivity index (χ3v) is 3.01. The van der Waals surface area contributed by atoms with Crippen molar-refractivity contribution in [3.05, 3.63) is 28.0 Å². The van der Waals surface area contributed by atoms with Crippen molar-refractivity contribution in [3.63, 3.8) is 0 Å². The van der Waals surface area contributed by atoms with Gasteiger partial charge in [-0.05, 0) is 12.1 Å². The van der Waals surface area contributed by atoms with Gasteiger partial charge in [-0.2, -0.15) is 0 Å². The number of hydrogen-bond acceptors (Lipinski definition) is 2. The minimum absolute atomic E-state index is 0.129. The normalized spacial score (nSPS) is 11.6.